The molecule has 0 amide bonds. The third kappa shape index (κ3) is 5.47. The zero-order chi connectivity index (χ0) is 37.1. The highest BCUT2D eigenvalue weighted by molar-refractivity contribution is 6.11. The largest absolute Gasteiger partial charge is 0.457 e. The molecule has 1 aliphatic heterocycles. The summed E-state index contributed by atoms with van der Waals surface area (Å²) in [6, 6.07) is 51.0. The lowest BCUT2D eigenvalue weighted by molar-refractivity contribution is 0.418. The summed E-state index contributed by atoms with van der Waals surface area (Å²) in [6.07, 6.45) is 7.43. The van der Waals surface area contributed by atoms with Gasteiger partial charge in [0, 0.05) is 63.5 Å². The summed E-state index contributed by atoms with van der Waals surface area (Å²) in [5, 5.41) is 2.18. The number of hydrogen-bond donors (Lipinski definition) is 0. The lowest BCUT2D eigenvalue weighted by Crippen LogP contribution is -2.24. The highest BCUT2D eigenvalue weighted by atomic mass is 16.5. The van der Waals surface area contributed by atoms with Crippen molar-refractivity contribution in [3.63, 3.8) is 0 Å². The number of benzene rings is 6. The summed E-state index contributed by atoms with van der Waals surface area (Å²) in [5.41, 5.74) is 14.6. The Morgan fingerprint density at radius 2 is 1.04 bits per heavy atom. The van der Waals surface area contributed by atoms with Gasteiger partial charge in [-0.3, -0.25) is 9.97 Å². The fourth-order valence-electron chi connectivity index (χ4n) is 8.15. The molecule has 9 aromatic rings. The molecule has 5 nitrogen and oxygen atoms in total. The minimum atomic E-state index is -0.347. The van der Waals surface area contributed by atoms with Gasteiger partial charge in [0.05, 0.1) is 17.6 Å². The van der Waals surface area contributed by atoms with E-state index < -0.39 is 0 Å². The van der Waals surface area contributed by atoms with E-state index in [1.54, 1.807) is 12.4 Å². The van der Waals surface area contributed by atoms with Gasteiger partial charge in [0.15, 0.2) is 5.69 Å². The molecule has 0 N–H and O–H groups in total. The van der Waals surface area contributed by atoms with Gasteiger partial charge in [-0.15, -0.1) is 0 Å². The van der Waals surface area contributed by atoms with Gasteiger partial charge in [0.1, 0.15) is 11.5 Å². The highest BCUT2D eigenvalue weighted by Crippen LogP contribution is 2.50. The van der Waals surface area contributed by atoms with E-state index in [-0.39, 0.29) is 5.41 Å². The lowest BCUT2D eigenvalue weighted by Gasteiger charge is -2.35. The zero-order valence-electron chi connectivity index (χ0n) is 30.4. The second-order valence-corrected chi connectivity index (χ2v) is 14.6. The van der Waals surface area contributed by atoms with E-state index >= 15 is 0 Å². The van der Waals surface area contributed by atoms with Crippen LogP contribution in [-0.4, -0.2) is 14.5 Å². The summed E-state index contributed by atoms with van der Waals surface area (Å²) in [4.78, 5) is 12.6. The van der Waals surface area contributed by atoms with E-state index in [0.29, 0.717) is 5.69 Å². The topological polar surface area (TPSA) is 44.3 Å². The Kier molecular flexibility index (Phi) is 7.47. The molecule has 0 bridgehead atoms. The summed E-state index contributed by atoms with van der Waals surface area (Å²) in [5.74, 6) is 1.74. The number of fused-ring (bicyclic) bond motifs is 5. The Morgan fingerprint density at radius 3 is 1.62 bits per heavy atom. The van der Waals surface area contributed by atoms with Crippen molar-refractivity contribution >= 4 is 27.5 Å². The first-order valence-corrected chi connectivity index (χ1v) is 18.4. The van der Waals surface area contributed by atoms with Crippen molar-refractivity contribution in [1.82, 2.24) is 14.5 Å². The van der Waals surface area contributed by atoms with Crippen LogP contribution in [0.5, 0.6) is 11.5 Å². The first-order chi connectivity index (χ1) is 26.9. The van der Waals surface area contributed by atoms with E-state index in [1.807, 2.05) is 42.7 Å². The molecular formula is C50H34N4O. The molecule has 3 aromatic heterocycles. The number of rotatable bonds is 5. The standard InChI is InChI=1S/C50H34N4O/c1-50(2)44-27-33(32-13-17-46-42(26-32)43-29-40(51-3)16-18-47(43)54(46)41-11-5-4-6-12-41)14-19-48(44)55-49-20-15-34(28-45(49)50)37-23-38(35-9-7-21-52-30-35)25-39(24-37)36-10-8-22-53-31-36/h4-31H,1-2H3. The minimum absolute atomic E-state index is 0.347. The molecule has 6 aromatic carbocycles. The van der Waals surface area contributed by atoms with Crippen molar-refractivity contribution in [3.05, 3.63) is 193 Å². The number of para-hydroxylation sites is 1. The first-order valence-electron chi connectivity index (χ1n) is 18.4. The van der Waals surface area contributed by atoms with Crippen LogP contribution < -0.4 is 4.74 Å². The average molecular weight is 707 g/mol. The second kappa shape index (κ2) is 12.7. The normalized spacial score (nSPS) is 12.8. The number of ether oxygens (including phenoxy) is 1. The van der Waals surface area contributed by atoms with Crippen LogP contribution in [0, 0.1) is 6.57 Å². The molecule has 0 aliphatic carbocycles. The van der Waals surface area contributed by atoms with Crippen LogP contribution in [0.1, 0.15) is 25.0 Å². The molecule has 4 heterocycles. The second-order valence-electron chi connectivity index (χ2n) is 14.6. The molecule has 0 radical (unpaired) electrons. The molecule has 10 rings (SSSR count). The number of pyridine rings is 2. The molecule has 0 saturated heterocycles. The van der Waals surface area contributed by atoms with Crippen LogP contribution in [0.3, 0.4) is 0 Å². The Bertz CT molecular complexity index is 2920. The van der Waals surface area contributed by atoms with Crippen molar-refractivity contribution in [2.75, 3.05) is 0 Å². The van der Waals surface area contributed by atoms with Gasteiger partial charge in [0.2, 0.25) is 0 Å². The van der Waals surface area contributed by atoms with Gasteiger partial charge in [0.25, 0.3) is 0 Å². The molecular weight excluding hydrogens is 673 g/mol. The predicted molar refractivity (Wildman–Crippen MR) is 223 cm³/mol. The Hall–Kier alpha value is -7.29. The van der Waals surface area contributed by atoms with Gasteiger partial charge in [-0.2, -0.15) is 0 Å². The van der Waals surface area contributed by atoms with E-state index in [0.717, 1.165) is 94.6 Å². The van der Waals surface area contributed by atoms with Crippen LogP contribution in [0.25, 0.3) is 76.8 Å². The van der Waals surface area contributed by atoms with Gasteiger partial charge < -0.3 is 9.30 Å². The van der Waals surface area contributed by atoms with E-state index in [1.165, 1.54) is 0 Å². The zero-order valence-corrected chi connectivity index (χ0v) is 30.4. The summed E-state index contributed by atoms with van der Waals surface area (Å²) < 4.78 is 8.92. The van der Waals surface area contributed by atoms with Gasteiger partial charge >= 0.3 is 0 Å². The van der Waals surface area contributed by atoms with Crippen LogP contribution in [-0.2, 0) is 5.41 Å². The lowest BCUT2D eigenvalue weighted by atomic mass is 9.74. The Morgan fingerprint density at radius 1 is 0.509 bits per heavy atom. The molecule has 0 saturated carbocycles. The van der Waals surface area contributed by atoms with Crippen molar-refractivity contribution in [2.45, 2.75) is 19.3 Å². The van der Waals surface area contributed by atoms with Crippen molar-refractivity contribution in [2.24, 2.45) is 0 Å². The fourth-order valence-corrected chi connectivity index (χ4v) is 8.15. The molecule has 0 spiro atoms. The molecule has 0 fully saturated rings. The SMILES string of the molecule is [C-]#[N+]c1ccc2c(c1)c1cc(-c3ccc4c(c3)C(C)(C)c3cc(-c5cc(-c6cccnc6)cc(-c6cccnc6)c5)ccc3O4)ccc1n2-c1ccccc1. The number of hydrogen-bond acceptors (Lipinski definition) is 3. The fraction of sp³-hybridized carbons (Fsp3) is 0.0600. The predicted octanol–water partition coefficient (Wildman–Crippen LogP) is 13.2. The monoisotopic (exact) mass is 706 g/mol. The van der Waals surface area contributed by atoms with Gasteiger partial charge in [-0.25, -0.2) is 4.85 Å². The maximum Gasteiger partial charge on any atom is 0.188 e. The third-order valence-corrected chi connectivity index (χ3v) is 11.0. The molecule has 1 aliphatic rings. The first kappa shape index (κ1) is 32.4. The van der Waals surface area contributed by atoms with Crippen LogP contribution >= 0.6 is 0 Å². The van der Waals surface area contributed by atoms with E-state index in [4.69, 9.17) is 11.3 Å². The minimum Gasteiger partial charge on any atom is -0.457 e. The maximum atomic E-state index is 7.71. The molecule has 260 valence electrons. The molecule has 0 unspecified atom stereocenters. The Balaban J connectivity index is 1.07. The van der Waals surface area contributed by atoms with Crippen molar-refractivity contribution in [3.8, 4) is 61.7 Å². The summed E-state index contributed by atoms with van der Waals surface area (Å²) in [6.45, 7) is 12.3. The van der Waals surface area contributed by atoms with Crippen LogP contribution in [0.15, 0.2) is 170 Å². The van der Waals surface area contributed by atoms with Crippen LogP contribution in [0.4, 0.5) is 5.69 Å². The molecule has 5 heteroatoms. The van der Waals surface area contributed by atoms with E-state index in [9.17, 15) is 0 Å². The van der Waals surface area contributed by atoms with Gasteiger partial charge in [-0.05, 0) is 130 Å². The molecule has 55 heavy (non-hydrogen) atoms. The van der Waals surface area contributed by atoms with Gasteiger partial charge in [-0.1, -0.05) is 68.4 Å². The third-order valence-electron chi connectivity index (χ3n) is 11.0. The Labute approximate surface area is 319 Å². The number of aromatic nitrogens is 3. The van der Waals surface area contributed by atoms with Crippen LogP contribution in [0.2, 0.25) is 0 Å². The van der Waals surface area contributed by atoms with Crippen molar-refractivity contribution in [1.29, 1.82) is 0 Å². The highest BCUT2D eigenvalue weighted by Gasteiger charge is 2.35. The number of nitrogens with zero attached hydrogens (tertiary/aromatic N) is 4. The average Bonchev–Trinajstić information content (AvgIpc) is 3.57. The van der Waals surface area contributed by atoms with E-state index in [2.05, 4.69) is 148 Å². The quantitative estimate of drug-likeness (QED) is 0.167. The summed E-state index contributed by atoms with van der Waals surface area (Å²) in [7, 11) is 0. The van der Waals surface area contributed by atoms with Crippen molar-refractivity contribution < 1.29 is 4.74 Å². The maximum absolute atomic E-state index is 7.71. The molecule has 0 atom stereocenters. The summed E-state index contributed by atoms with van der Waals surface area (Å²) >= 11 is 0. The smallest absolute Gasteiger partial charge is 0.188 e.